The highest BCUT2D eigenvalue weighted by molar-refractivity contribution is 6.16. The number of halogens is 1. The largest absolute Gasteiger partial charge is 0.324 e. The molecule has 3 heteroatoms. The van der Waals surface area contributed by atoms with Gasteiger partial charge in [0.15, 0.2) is 0 Å². The molecule has 2 aromatic rings. The van der Waals surface area contributed by atoms with Crippen molar-refractivity contribution in [2.75, 3.05) is 0 Å². The fourth-order valence-corrected chi connectivity index (χ4v) is 2.60. The average Bonchev–Trinajstić information content (AvgIpc) is 2.69. The molecule has 0 unspecified atom stereocenters. The molecule has 0 saturated heterocycles. The first-order valence-electron chi connectivity index (χ1n) is 6.24. The van der Waals surface area contributed by atoms with Crippen LogP contribution in [0.25, 0.3) is 11.0 Å². The quantitative estimate of drug-likeness (QED) is 0.734. The third kappa shape index (κ3) is 2.19. The van der Waals surface area contributed by atoms with Crippen molar-refractivity contribution in [3.8, 4) is 0 Å². The van der Waals surface area contributed by atoms with Gasteiger partial charge in [-0.05, 0) is 37.5 Å². The van der Waals surface area contributed by atoms with Crippen LogP contribution in [0.2, 0.25) is 0 Å². The fourth-order valence-electron chi connectivity index (χ4n) is 2.41. The highest BCUT2D eigenvalue weighted by Crippen LogP contribution is 2.26. The average molecular weight is 251 g/mol. The third-order valence-corrected chi connectivity index (χ3v) is 3.58. The minimum absolute atomic E-state index is 0.476. The molecule has 0 amide bonds. The maximum atomic E-state index is 6.02. The molecule has 2 rings (SSSR count). The highest BCUT2D eigenvalue weighted by Gasteiger charge is 2.15. The van der Waals surface area contributed by atoms with E-state index in [0.717, 1.165) is 24.2 Å². The van der Waals surface area contributed by atoms with Crippen LogP contribution in [0.4, 0.5) is 0 Å². The Labute approximate surface area is 108 Å². The first kappa shape index (κ1) is 12.4. The molecule has 0 radical (unpaired) electrons. The first-order chi connectivity index (χ1) is 8.21. The summed E-state index contributed by atoms with van der Waals surface area (Å²) < 4.78 is 2.31. The number of imidazole rings is 1. The molecule has 0 spiro atoms. The molecule has 17 heavy (non-hydrogen) atoms. The summed E-state index contributed by atoms with van der Waals surface area (Å²) in [6.07, 6.45) is 2.22. The topological polar surface area (TPSA) is 17.8 Å². The summed E-state index contributed by atoms with van der Waals surface area (Å²) in [4.78, 5) is 4.64. The van der Waals surface area contributed by atoms with Crippen LogP contribution in [0, 0.1) is 6.92 Å². The summed E-state index contributed by atoms with van der Waals surface area (Å²) >= 11 is 6.02. The number of nitrogens with zero attached hydrogens (tertiary/aromatic N) is 2. The Balaban J connectivity index is 2.65. The molecule has 2 nitrogen and oxygen atoms in total. The van der Waals surface area contributed by atoms with Crippen LogP contribution in [0.3, 0.4) is 0 Å². The monoisotopic (exact) mass is 250 g/mol. The van der Waals surface area contributed by atoms with Crippen LogP contribution in [-0.2, 0) is 5.88 Å². The van der Waals surface area contributed by atoms with Crippen molar-refractivity contribution >= 4 is 22.6 Å². The Kier molecular flexibility index (Phi) is 3.72. The molecular formula is C14H19ClN2. The van der Waals surface area contributed by atoms with Gasteiger partial charge in [0.1, 0.15) is 5.82 Å². The van der Waals surface area contributed by atoms with Gasteiger partial charge in [0.25, 0.3) is 0 Å². The zero-order valence-corrected chi connectivity index (χ0v) is 11.5. The molecule has 0 aliphatic heterocycles. The molecule has 1 heterocycles. The van der Waals surface area contributed by atoms with Crippen molar-refractivity contribution < 1.29 is 0 Å². The second-order valence-electron chi connectivity index (χ2n) is 4.49. The van der Waals surface area contributed by atoms with Gasteiger partial charge in [0, 0.05) is 6.04 Å². The minimum Gasteiger partial charge on any atom is -0.324 e. The lowest BCUT2D eigenvalue weighted by Gasteiger charge is -2.18. The van der Waals surface area contributed by atoms with Gasteiger partial charge in [-0.2, -0.15) is 0 Å². The first-order valence-corrected chi connectivity index (χ1v) is 6.78. The predicted molar refractivity (Wildman–Crippen MR) is 73.6 cm³/mol. The molecule has 1 aromatic heterocycles. The zero-order valence-electron chi connectivity index (χ0n) is 10.7. The van der Waals surface area contributed by atoms with Gasteiger partial charge < -0.3 is 4.57 Å². The Morgan fingerprint density at radius 2 is 2.00 bits per heavy atom. The van der Waals surface area contributed by atoms with E-state index < -0.39 is 0 Å². The van der Waals surface area contributed by atoms with Crippen LogP contribution in [0.5, 0.6) is 0 Å². The third-order valence-electron chi connectivity index (χ3n) is 3.35. The molecule has 92 valence electrons. The Bertz CT molecular complexity index is 512. The molecule has 1 aromatic carbocycles. The summed E-state index contributed by atoms with van der Waals surface area (Å²) in [6.45, 7) is 6.52. The van der Waals surface area contributed by atoms with Gasteiger partial charge in [-0.15, -0.1) is 11.6 Å². The van der Waals surface area contributed by atoms with E-state index in [9.17, 15) is 0 Å². The van der Waals surface area contributed by atoms with Gasteiger partial charge in [-0.25, -0.2) is 4.98 Å². The zero-order chi connectivity index (χ0) is 12.4. The Morgan fingerprint density at radius 3 is 2.59 bits per heavy atom. The van der Waals surface area contributed by atoms with Crippen LogP contribution < -0.4 is 0 Å². The highest BCUT2D eigenvalue weighted by atomic mass is 35.5. The SMILES string of the molecule is CCC(CC)n1c(CCl)nc2cc(C)ccc21. The lowest BCUT2D eigenvalue weighted by Crippen LogP contribution is -2.09. The van der Waals surface area contributed by atoms with Crippen molar-refractivity contribution in [3.63, 3.8) is 0 Å². The van der Waals surface area contributed by atoms with Crippen LogP contribution in [0.15, 0.2) is 18.2 Å². The molecule has 0 N–H and O–H groups in total. The Hall–Kier alpha value is -1.02. The minimum atomic E-state index is 0.476. The number of fused-ring (bicyclic) bond motifs is 1. The summed E-state index contributed by atoms with van der Waals surface area (Å²) in [6, 6.07) is 6.92. The van der Waals surface area contributed by atoms with Crippen LogP contribution in [-0.4, -0.2) is 9.55 Å². The van der Waals surface area contributed by atoms with Crippen molar-refractivity contribution in [2.24, 2.45) is 0 Å². The number of hydrogen-bond acceptors (Lipinski definition) is 1. The van der Waals surface area contributed by atoms with Gasteiger partial charge in [0.05, 0.1) is 16.9 Å². The summed E-state index contributed by atoms with van der Waals surface area (Å²) in [7, 11) is 0. The Morgan fingerprint density at radius 1 is 1.29 bits per heavy atom. The maximum absolute atomic E-state index is 6.02. The van der Waals surface area contributed by atoms with Crippen molar-refractivity contribution in [2.45, 2.75) is 45.5 Å². The molecule has 0 aliphatic rings. The number of alkyl halides is 1. The van der Waals surface area contributed by atoms with Gasteiger partial charge in [0.2, 0.25) is 0 Å². The maximum Gasteiger partial charge on any atom is 0.125 e. The van der Waals surface area contributed by atoms with E-state index in [2.05, 4.69) is 48.5 Å². The van der Waals surface area contributed by atoms with Gasteiger partial charge in [-0.3, -0.25) is 0 Å². The normalized spacial score (nSPS) is 11.6. The molecule has 0 saturated carbocycles. The number of benzene rings is 1. The second kappa shape index (κ2) is 5.09. The van der Waals surface area contributed by atoms with E-state index in [0.29, 0.717) is 11.9 Å². The van der Waals surface area contributed by atoms with E-state index in [1.807, 2.05) is 0 Å². The van der Waals surface area contributed by atoms with E-state index >= 15 is 0 Å². The smallest absolute Gasteiger partial charge is 0.125 e. The summed E-state index contributed by atoms with van der Waals surface area (Å²) in [5, 5.41) is 0. The van der Waals surface area contributed by atoms with Crippen LogP contribution >= 0.6 is 11.6 Å². The van der Waals surface area contributed by atoms with Gasteiger partial charge in [-0.1, -0.05) is 19.9 Å². The number of aromatic nitrogens is 2. The van der Waals surface area contributed by atoms with Crippen molar-refractivity contribution in [3.05, 3.63) is 29.6 Å². The molecule has 0 fully saturated rings. The number of hydrogen-bond donors (Lipinski definition) is 0. The summed E-state index contributed by atoms with van der Waals surface area (Å²) in [5.74, 6) is 1.46. The molecular weight excluding hydrogens is 232 g/mol. The van der Waals surface area contributed by atoms with Crippen molar-refractivity contribution in [1.82, 2.24) is 9.55 Å². The fraction of sp³-hybridized carbons (Fsp3) is 0.500. The molecule has 0 aliphatic carbocycles. The number of rotatable bonds is 4. The van der Waals surface area contributed by atoms with E-state index in [1.54, 1.807) is 0 Å². The predicted octanol–water partition coefficient (Wildman–Crippen LogP) is 4.44. The standard InChI is InChI=1S/C14H19ClN2/c1-4-11(5-2)17-13-7-6-10(3)8-12(13)16-14(17)9-15/h6-8,11H,4-5,9H2,1-3H3. The van der Waals surface area contributed by atoms with E-state index in [-0.39, 0.29) is 0 Å². The van der Waals surface area contributed by atoms with Crippen molar-refractivity contribution in [1.29, 1.82) is 0 Å². The lowest BCUT2D eigenvalue weighted by atomic mass is 10.1. The van der Waals surface area contributed by atoms with E-state index in [1.165, 1.54) is 11.1 Å². The number of aryl methyl sites for hydroxylation is 1. The molecule has 0 atom stereocenters. The molecule has 0 bridgehead atoms. The van der Waals surface area contributed by atoms with E-state index in [4.69, 9.17) is 11.6 Å². The second-order valence-corrected chi connectivity index (χ2v) is 4.76. The van der Waals surface area contributed by atoms with Gasteiger partial charge >= 0.3 is 0 Å². The van der Waals surface area contributed by atoms with Crippen LogP contribution in [0.1, 0.15) is 44.1 Å². The lowest BCUT2D eigenvalue weighted by molar-refractivity contribution is 0.472. The summed E-state index contributed by atoms with van der Waals surface area (Å²) in [5.41, 5.74) is 3.51.